The first-order valence-electron chi connectivity index (χ1n) is 10.3. The number of hydrogen-bond donors (Lipinski definition) is 1. The third-order valence-electron chi connectivity index (χ3n) is 5.73. The van der Waals surface area contributed by atoms with E-state index < -0.39 is 12.1 Å². The van der Waals surface area contributed by atoms with Crippen molar-refractivity contribution in [3.8, 4) is 11.5 Å². The molecule has 1 aliphatic heterocycles. The van der Waals surface area contributed by atoms with Crippen molar-refractivity contribution in [2.24, 2.45) is 0 Å². The van der Waals surface area contributed by atoms with Gasteiger partial charge in [0.1, 0.15) is 11.5 Å². The maximum Gasteiger partial charge on any atom is 0.198 e. The Hall–Kier alpha value is -2.96. The van der Waals surface area contributed by atoms with Gasteiger partial charge in [-0.3, -0.25) is 9.59 Å². The largest absolute Gasteiger partial charge is 0.507 e. The fraction of sp³-hybridized carbons (Fsp3) is 0.360. The zero-order chi connectivity index (χ0) is 22.4. The number of fused-ring (bicyclic) bond motifs is 2. The van der Waals surface area contributed by atoms with Crippen molar-refractivity contribution in [2.75, 3.05) is 7.11 Å². The molecule has 0 aromatic heterocycles. The molecule has 1 fully saturated rings. The summed E-state index contributed by atoms with van der Waals surface area (Å²) in [5, 5.41) is 11.3. The molecule has 0 spiro atoms. The minimum Gasteiger partial charge on any atom is -0.507 e. The van der Waals surface area contributed by atoms with E-state index in [2.05, 4.69) is 6.58 Å². The van der Waals surface area contributed by atoms with Gasteiger partial charge in [0.2, 0.25) is 0 Å². The average molecular weight is 422 g/mol. The van der Waals surface area contributed by atoms with E-state index in [9.17, 15) is 14.7 Å². The molecule has 162 valence electrons. The van der Waals surface area contributed by atoms with Crippen molar-refractivity contribution >= 4 is 11.6 Å². The second-order valence-corrected chi connectivity index (χ2v) is 8.32. The molecule has 6 heteroatoms. The zero-order valence-electron chi connectivity index (χ0n) is 18.2. The Morgan fingerprint density at radius 1 is 1.10 bits per heavy atom. The third kappa shape index (κ3) is 3.46. The van der Waals surface area contributed by atoms with Gasteiger partial charge in [-0.25, -0.2) is 0 Å². The van der Waals surface area contributed by atoms with Gasteiger partial charge in [0, 0.05) is 16.7 Å². The van der Waals surface area contributed by atoms with Crippen LogP contribution in [0.4, 0.5) is 0 Å². The Morgan fingerprint density at radius 3 is 2.16 bits per heavy atom. The minimum absolute atomic E-state index is 0.0437. The highest BCUT2D eigenvalue weighted by molar-refractivity contribution is 6.30. The molecule has 31 heavy (non-hydrogen) atoms. The first kappa shape index (κ1) is 21.3. The Labute approximate surface area is 181 Å². The monoisotopic (exact) mass is 422 g/mol. The van der Waals surface area contributed by atoms with Crippen LogP contribution < -0.4 is 4.74 Å². The molecule has 1 aliphatic carbocycles. The van der Waals surface area contributed by atoms with Crippen LogP contribution in [0, 0.1) is 0 Å². The summed E-state index contributed by atoms with van der Waals surface area (Å²) in [6.07, 6.45) is -0.0324. The highest BCUT2D eigenvalue weighted by atomic mass is 16.7. The second-order valence-electron chi connectivity index (χ2n) is 8.32. The molecule has 2 atom stereocenters. The van der Waals surface area contributed by atoms with Gasteiger partial charge >= 0.3 is 0 Å². The number of benzene rings is 2. The molecule has 2 aliphatic rings. The number of phenols is 1. The van der Waals surface area contributed by atoms with Crippen LogP contribution in [0.1, 0.15) is 76.5 Å². The Bertz CT molecular complexity index is 1090. The highest BCUT2D eigenvalue weighted by Gasteiger charge is 2.41. The van der Waals surface area contributed by atoms with E-state index in [-0.39, 0.29) is 58.2 Å². The summed E-state index contributed by atoms with van der Waals surface area (Å²) in [6, 6.07) is 6.59. The first-order chi connectivity index (χ1) is 14.7. The molecule has 2 aromatic carbocycles. The van der Waals surface area contributed by atoms with Crippen LogP contribution in [0.15, 0.2) is 36.4 Å². The van der Waals surface area contributed by atoms with Gasteiger partial charge in [-0.15, -0.1) is 0 Å². The number of carbonyl (C=O) groups excluding carboxylic acids is 2. The van der Waals surface area contributed by atoms with Crippen molar-refractivity contribution in [3.63, 3.8) is 0 Å². The summed E-state index contributed by atoms with van der Waals surface area (Å²) in [6.45, 7) is 9.67. The molecule has 0 unspecified atom stereocenters. The lowest BCUT2D eigenvalue weighted by Crippen LogP contribution is -2.32. The van der Waals surface area contributed by atoms with Crippen LogP contribution >= 0.6 is 0 Å². The average Bonchev–Trinajstić information content (AvgIpc) is 2.71. The lowest BCUT2D eigenvalue weighted by atomic mass is 9.79. The molecule has 0 radical (unpaired) electrons. The van der Waals surface area contributed by atoms with E-state index in [1.54, 1.807) is 24.3 Å². The molecule has 0 saturated carbocycles. The van der Waals surface area contributed by atoms with Gasteiger partial charge in [0.05, 0.1) is 36.0 Å². The van der Waals surface area contributed by atoms with E-state index in [4.69, 9.17) is 14.2 Å². The van der Waals surface area contributed by atoms with Gasteiger partial charge in [0.15, 0.2) is 17.9 Å². The summed E-state index contributed by atoms with van der Waals surface area (Å²) >= 11 is 0. The summed E-state index contributed by atoms with van der Waals surface area (Å²) in [5.41, 5.74) is 2.17. The number of rotatable bonds is 4. The van der Waals surface area contributed by atoms with Crippen molar-refractivity contribution < 1.29 is 28.9 Å². The van der Waals surface area contributed by atoms with E-state index in [1.807, 2.05) is 20.8 Å². The summed E-state index contributed by atoms with van der Waals surface area (Å²) in [7, 11) is 1.44. The van der Waals surface area contributed by atoms with Gasteiger partial charge in [0.25, 0.3) is 0 Å². The number of allylic oxidation sites excluding steroid dienone is 1. The fourth-order valence-corrected chi connectivity index (χ4v) is 4.48. The van der Waals surface area contributed by atoms with Crippen LogP contribution in [0.5, 0.6) is 11.5 Å². The van der Waals surface area contributed by atoms with Crippen molar-refractivity contribution in [1.82, 2.24) is 0 Å². The van der Waals surface area contributed by atoms with Crippen molar-refractivity contribution in [1.29, 1.82) is 0 Å². The van der Waals surface area contributed by atoms with E-state index in [0.717, 1.165) is 12.0 Å². The van der Waals surface area contributed by atoms with Crippen LogP contribution in [-0.2, 0) is 15.9 Å². The lowest BCUT2D eigenvalue weighted by Gasteiger charge is -2.35. The minimum atomic E-state index is -0.848. The topological polar surface area (TPSA) is 82.1 Å². The van der Waals surface area contributed by atoms with Crippen molar-refractivity contribution in [3.05, 3.63) is 69.8 Å². The normalized spacial score (nSPS) is 22.6. The molecule has 0 amide bonds. The Kier molecular flexibility index (Phi) is 5.45. The SMILES string of the molecule is C=C(C)Cc1c(O)c2c(c(OC)c1C1O[C@H](C)C[C@@H](C)O1)C(=O)c1ccccc1C2=O. The number of phenolic OH excluding ortho intramolecular Hbond substituents is 1. The predicted molar refractivity (Wildman–Crippen MR) is 115 cm³/mol. The smallest absolute Gasteiger partial charge is 0.198 e. The highest BCUT2D eigenvalue weighted by Crippen LogP contribution is 2.48. The molecule has 6 nitrogen and oxygen atoms in total. The quantitative estimate of drug-likeness (QED) is 0.623. The van der Waals surface area contributed by atoms with Gasteiger partial charge < -0.3 is 19.3 Å². The number of hydrogen-bond acceptors (Lipinski definition) is 6. The molecule has 4 rings (SSSR count). The number of aromatic hydroxyl groups is 1. The number of ether oxygens (including phenoxy) is 3. The number of carbonyl (C=O) groups is 2. The summed E-state index contributed by atoms with van der Waals surface area (Å²) in [5.74, 6) is -0.844. The van der Waals surface area contributed by atoms with Crippen LogP contribution in [-0.4, -0.2) is 36.0 Å². The summed E-state index contributed by atoms with van der Waals surface area (Å²) < 4.78 is 17.8. The molecular weight excluding hydrogens is 396 g/mol. The fourth-order valence-electron chi connectivity index (χ4n) is 4.48. The Morgan fingerprint density at radius 2 is 1.65 bits per heavy atom. The molecule has 1 heterocycles. The molecule has 1 N–H and O–H groups in total. The maximum atomic E-state index is 13.4. The second kappa shape index (κ2) is 7.94. The van der Waals surface area contributed by atoms with Gasteiger partial charge in [-0.05, 0) is 33.6 Å². The zero-order valence-corrected chi connectivity index (χ0v) is 18.2. The Balaban J connectivity index is 2.04. The van der Waals surface area contributed by atoms with Gasteiger partial charge in [-0.1, -0.05) is 36.4 Å². The predicted octanol–water partition coefficient (Wildman–Crippen LogP) is 4.51. The van der Waals surface area contributed by atoms with Gasteiger partial charge in [-0.2, -0.15) is 0 Å². The number of methoxy groups -OCH3 is 1. The third-order valence-corrected chi connectivity index (χ3v) is 5.73. The standard InChI is InChI=1S/C25H26O6/c1-12(2)10-17-18(25-30-13(3)11-14(4)31-25)24(29-5)20-19(23(17)28)21(26)15-8-6-7-9-16(15)22(20)27/h6-9,13-14,25,28H,1,10-11H2,2-5H3/t13-,14-/m1/s1. The van der Waals surface area contributed by atoms with Crippen LogP contribution in [0.3, 0.4) is 0 Å². The van der Waals surface area contributed by atoms with Crippen molar-refractivity contribution in [2.45, 2.75) is 52.1 Å². The maximum absolute atomic E-state index is 13.4. The molecule has 2 aromatic rings. The van der Waals surface area contributed by atoms with E-state index in [0.29, 0.717) is 11.1 Å². The summed E-state index contributed by atoms with van der Waals surface area (Å²) in [4.78, 5) is 26.8. The van der Waals surface area contributed by atoms with E-state index >= 15 is 0 Å². The molecule has 1 saturated heterocycles. The number of ketones is 2. The van der Waals surface area contributed by atoms with Crippen LogP contribution in [0.2, 0.25) is 0 Å². The first-order valence-corrected chi connectivity index (χ1v) is 10.3. The van der Waals surface area contributed by atoms with Crippen LogP contribution in [0.25, 0.3) is 0 Å². The lowest BCUT2D eigenvalue weighted by molar-refractivity contribution is -0.239. The molecule has 0 bridgehead atoms. The molecular formula is C25H26O6. The van der Waals surface area contributed by atoms with E-state index in [1.165, 1.54) is 7.11 Å².